The van der Waals surface area contributed by atoms with Crippen LogP contribution in [0.2, 0.25) is 5.02 Å². The van der Waals surface area contributed by atoms with Crippen molar-refractivity contribution >= 4 is 17.6 Å². The van der Waals surface area contributed by atoms with E-state index in [-0.39, 0.29) is 6.10 Å². The zero-order valence-corrected chi connectivity index (χ0v) is 17.3. The Kier molecular flexibility index (Phi) is 8.45. The van der Waals surface area contributed by atoms with Gasteiger partial charge in [0, 0.05) is 26.0 Å². The Morgan fingerprint density at radius 2 is 2.07 bits per heavy atom. The predicted octanol–water partition coefficient (Wildman–Crippen LogP) is 3.72. The molecular weight excluding hydrogens is 362 g/mol. The molecule has 27 heavy (non-hydrogen) atoms. The van der Waals surface area contributed by atoms with Gasteiger partial charge in [-0.05, 0) is 24.5 Å². The van der Waals surface area contributed by atoms with E-state index in [1.54, 1.807) is 7.05 Å². The SMILES string of the molecule is CCC(CNC(=NC)NCc1nccn1CC(C)C)Oc1ccccc1Cl. The minimum Gasteiger partial charge on any atom is -0.487 e. The van der Waals surface area contributed by atoms with Crippen LogP contribution in [-0.2, 0) is 13.1 Å². The van der Waals surface area contributed by atoms with Gasteiger partial charge in [-0.15, -0.1) is 0 Å². The highest BCUT2D eigenvalue weighted by molar-refractivity contribution is 6.32. The maximum atomic E-state index is 6.18. The van der Waals surface area contributed by atoms with Crippen LogP contribution in [0.1, 0.15) is 33.0 Å². The fourth-order valence-corrected chi connectivity index (χ4v) is 2.83. The number of aliphatic imine (C=N–C) groups is 1. The van der Waals surface area contributed by atoms with E-state index >= 15 is 0 Å². The summed E-state index contributed by atoms with van der Waals surface area (Å²) < 4.78 is 8.18. The Bertz CT molecular complexity index is 729. The summed E-state index contributed by atoms with van der Waals surface area (Å²) in [7, 11) is 1.76. The largest absolute Gasteiger partial charge is 0.487 e. The average molecular weight is 392 g/mol. The van der Waals surface area contributed by atoms with Crippen molar-refractivity contribution in [2.45, 2.75) is 46.4 Å². The molecule has 1 aromatic carbocycles. The molecule has 0 fully saturated rings. The second-order valence-electron chi connectivity index (χ2n) is 6.77. The van der Waals surface area contributed by atoms with Crippen molar-refractivity contribution in [3.8, 4) is 5.75 Å². The number of benzene rings is 1. The number of ether oxygens (including phenoxy) is 1. The predicted molar refractivity (Wildman–Crippen MR) is 111 cm³/mol. The van der Waals surface area contributed by atoms with Crippen molar-refractivity contribution in [1.29, 1.82) is 0 Å². The van der Waals surface area contributed by atoms with Gasteiger partial charge in [-0.25, -0.2) is 4.98 Å². The van der Waals surface area contributed by atoms with Gasteiger partial charge in [0.1, 0.15) is 17.7 Å². The number of halogens is 1. The molecule has 6 nitrogen and oxygen atoms in total. The van der Waals surface area contributed by atoms with E-state index in [1.165, 1.54) is 0 Å². The van der Waals surface area contributed by atoms with Gasteiger partial charge in [0.2, 0.25) is 0 Å². The third-order valence-corrected chi connectivity index (χ3v) is 4.40. The van der Waals surface area contributed by atoms with E-state index in [4.69, 9.17) is 16.3 Å². The number of nitrogens with one attached hydrogen (secondary N) is 2. The molecule has 1 atom stereocenters. The minimum absolute atomic E-state index is 0.00798. The van der Waals surface area contributed by atoms with Gasteiger partial charge in [-0.1, -0.05) is 44.5 Å². The van der Waals surface area contributed by atoms with Crippen LogP contribution in [0.25, 0.3) is 0 Å². The van der Waals surface area contributed by atoms with E-state index in [1.807, 2.05) is 36.7 Å². The maximum Gasteiger partial charge on any atom is 0.191 e. The van der Waals surface area contributed by atoms with Crippen LogP contribution in [0.15, 0.2) is 41.7 Å². The van der Waals surface area contributed by atoms with Gasteiger partial charge < -0.3 is 19.9 Å². The van der Waals surface area contributed by atoms with Gasteiger partial charge in [0.25, 0.3) is 0 Å². The Morgan fingerprint density at radius 3 is 2.74 bits per heavy atom. The number of rotatable bonds is 9. The van der Waals surface area contributed by atoms with Crippen molar-refractivity contribution in [2.75, 3.05) is 13.6 Å². The average Bonchev–Trinajstić information content (AvgIpc) is 3.08. The second-order valence-corrected chi connectivity index (χ2v) is 7.18. The van der Waals surface area contributed by atoms with Crippen molar-refractivity contribution in [1.82, 2.24) is 20.2 Å². The molecular formula is C20H30ClN5O. The molecule has 0 saturated carbocycles. The first kappa shape index (κ1) is 21.1. The van der Waals surface area contributed by atoms with Gasteiger partial charge in [-0.2, -0.15) is 0 Å². The monoisotopic (exact) mass is 391 g/mol. The van der Waals surface area contributed by atoms with Gasteiger partial charge in [0.15, 0.2) is 5.96 Å². The number of hydrogen-bond donors (Lipinski definition) is 2. The first-order valence-corrected chi connectivity index (χ1v) is 9.77. The van der Waals surface area contributed by atoms with Crippen molar-refractivity contribution in [3.05, 3.63) is 47.5 Å². The second kappa shape index (κ2) is 10.8. The summed E-state index contributed by atoms with van der Waals surface area (Å²) in [4.78, 5) is 8.72. The van der Waals surface area contributed by atoms with E-state index in [2.05, 4.69) is 45.9 Å². The number of imidazole rings is 1. The molecule has 1 unspecified atom stereocenters. The van der Waals surface area contributed by atoms with Crippen LogP contribution < -0.4 is 15.4 Å². The van der Waals surface area contributed by atoms with Crippen molar-refractivity contribution < 1.29 is 4.74 Å². The van der Waals surface area contributed by atoms with Gasteiger partial charge in [-0.3, -0.25) is 4.99 Å². The van der Waals surface area contributed by atoms with Crippen LogP contribution in [0, 0.1) is 5.92 Å². The van der Waals surface area contributed by atoms with Gasteiger partial charge in [0.05, 0.1) is 18.1 Å². The Labute approximate surface area is 167 Å². The molecule has 0 aliphatic heterocycles. The summed E-state index contributed by atoms with van der Waals surface area (Å²) >= 11 is 6.18. The molecule has 7 heteroatoms. The first-order valence-electron chi connectivity index (χ1n) is 9.39. The molecule has 2 N–H and O–H groups in total. The van der Waals surface area contributed by atoms with Crippen LogP contribution in [0.4, 0.5) is 0 Å². The zero-order chi connectivity index (χ0) is 19.6. The topological polar surface area (TPSA) is 63.5 Å². The molecule has 1 heterocycles. The lowest BCUT2D eigenvalue weighted by atomic mass is 10.2. The molecule has 0 saturated heterocycles. The molecule has 0 aliphatic rings. The number of aromatic nitrogens is 2. The highest BCUT2D eigenvalue weighted by Gasteiger charge is 2.12. The van der Waals surface area contributed by atoms with E-state index in [0.717, 1.165) is 24.7 Å². The van der Waals surface area contributed by atoms with E-state index in [0.29, 0.717) is 29.8 Å². The fourth-order valence-electron chi connectivity index (χ4n) is 2.65. The van der Waals surface area contributed by atoms with Crippen LogP contribution >= 0.6 is 11.6 Å². The normalized spacial score (nSPS) is 12.9. The highest BCUT2D eigenvalue weighted by Crippen LogP contribution is 2.24. The lowest BCUT2D eigenvalue weighted by Gasteiger charge is -2.20. The number of nitrogens with zero attached hydrogens (tertiary/aromatic N) is 3. The lowest BCUT2D eigenvalue weighted by molar-refractivity contribution is 0.199. The lowest BCUT2D eigenvalue weighted by Crippen LogP contribution is -2.42. The zero-order valence-electron chi connectivity index (χ0n) is 16.6. The Balaban J connectivity index is 1.85. The summed E-state index contributed by atoms with van der Waals surface area (Å²) in [6.45, 7) is 8.67. The first-order chi connectivity index (χ1) is 13.0. The summed E-state index contributed by atoms with van der Waals surface area (Å²) in [5, 5.41) is 7.25. The fraction of sp³-hybridized carbons (Fsp3) is 0.500. The number of hydrogen-bond acceptors (Lipinski definition) is 3. The van der Waals surface area contributed by atoms with Crippen molar-refractivity contribution in [3.63, 3.8) is 0 Å². The highest BCUT2D eigenvalue weighted by atomic mass is 35.5. The molecule has 2 aromatic rings. The summed E-state index contributed by atoms with van der Waals surface area (Å²) in [6, 6.07) is 7.52. The molecule has 2 rings (SSSR count). The number of guanidine groups is 1. The molecule has 0 amide bonds. The molecule has 1 aromatic heterocycles. The van der Waals surface area contributed by atoms with Gasteiger partial charge >= 0.3 is 0 Å². The maximum absolute atomic E-state index is 6.18. The minimum atomic E-state index is -0.00798. The molecule has 148 valence electrons. The molecule has 0 aliphatic carbocycles. The van der Waals surface area contributed by atoms with Crippen LogP contribution in [0.5, 0.6) is 5.75 Å². The molecule has 0 radical (unpaired) electrons. The number of para-hydroxylation sites is 1. The Morgan fingerprint density at radius 1 is 1.30 bits per heavy atom. The van der Waals surface area contributed by atoms with Crippen molar-refractivity contribution in [2.24, 2.45) is 10.9 Å². The van der Waals surface area contributed by atoms with Crippen LogP contribution in [-0.4, -0.2) is 35.2 Å². The summed E-state index contributed by atoms with van der Waals surface area (Å²) in [5.41, 5.74) is 0. The Hall–Kier alpha value is -2.21. The third-order valence-electron chi connectivity index (χ3n) is 4.08. The summed E-state index contributed by atoms with van der Waals surface area (Å²) in [5.74, 6) is 2.98. The standard InChI is InChI=1S/C20H30ClN5O/c1-5-16(27-18-9-7-6-8-17(18)21)12-24-20(22-4)25-13-19-23-10-11-26(19)14-15(2)3/h6-11,15-16H,5,12-14H2,1-4H3,(H2,22,24,25). The smallest absolute Gasteiger partial charge is 0.191 e. The van der Waals surface area contributed by atoms with E-state index < -0.39 is 0 Å². The van der Waals surface area contributed by atoms with E-state index in [9.17, 15) is 0 Å². The third kappa shape index (κ3) is 6.79. The molecule has 0 bridgehead atoms. The summed E-state index contributed by atoms with van der Waals surface area (Å²) in [6.07, 6.45) is 4.69. The van der Waals surface area contributed by atoms with Crippen LogP contribution in [0.3, 0.4) is 0 Å². The molecule has 0 spiro atoms. The quantitative estimate of drug-likeness (QED) is 0.505.